The van der Waals surface area contributed by atoms with Gasteiger partial charge in [-0.15, -0.1) is 11.3 Å². The fraction of sp³-hybridized carbons (Fsp3) is 0.545. The van der Waals surface area contributed by atoms with Crippen LogP contribution in [0.5, 0.6) is 0 Å². The molecule has 1 heterocycles. The van der Waals surface area contributed by atoms with Gasteiger partial charge in [-0.05, 0) is 31.2 Å². The van der Waals surface area contributed by atoms with E-state index in [2.05, 4.69) is 21.2 Å². The minimum absolute atomic E-state index is 0.0908. The van der Waals surface area contributed by atoms with Gasteiger partial charge in [-0.1, -0.05) is 34.5 Å². The SMILES string of the molecule is CCC(C)(CBr)NC(=O)c1scc(C)c1Cl. The normalized spacial score (nSPS) is 14.6. The monoisotopic (exact) mass is 323 g/mol. The number of carbonyl (C=O) groups excluding carboxylic acids is 1. The van der Waals surface area contributed by atoms with Gasteiger partial charge in [0.15, 0.2) is 0 Å². The number of aryl methyl sites for hydroxylation is 1. The van der Waals surface area contributed by atoms with Crippen molar-refractivity contribution in [2.45, 2.75) is 32.7 Å². The second-order valence-corrected chi connectivity index (χ2v) is 5.88. The van der Waals surface area contributed by atoms with Crippen molar-refractivity contribution in [3.8, 4) is 0 Å². The highest BCUT2D eigenvalue weighted by Gasteiger charge is 2.25. The molecular weight excluding hydrogens is 310 g/mol. The third-order valence-corrected chi connectivity index (χ3v) is 5.53. The molecule has 1 aromatic rings. The third-order valence-electron chi connectivity index (χ3n) is 2.60. The Balaban J connectivity index is 2.84. The summed E-state index contributed by atoms with van der Waals surface area (Å²) in [4.78, 5) is 12.6. The Hall–Kier alpha value is -0.0600. The summed E-state index contributed by atoms with van der Waals surface area (Å²) in [6.45, 7) is 5.95. The summed E-state index contributed by atoms with van der Waals surface area (Å²) in [6, 6.07) is 0. The van der Waals surface area contributed by atoms with Crippen LogP contribution in [-0.4, -0.2) is 16.8 Å². The van der Waals surface area contributed by atoms with E-state index in [1.165, 1.54) is 11.3 Å². The van der Waals surface area contributed by atoms with Crippen molar-refractivity contribution in [1.29, 1.82) is 0 Å². The number of carbonyl (C=O) groups is 1. The molecule has 1 unspecified atom stereocenters. The number of alkyl halides is 1. The molecule has 0 radical (unpaired) electrons. The van der Waals surface area contributed by atoms with Crippen LogP contribution in [0.2, 0.25) is 5.02 Å². The van der Waals surface area contributed by atoms with Crippen LogP contribution in [0, 0.1) is 6.92 Å². The summed E-state index contributed by atoms with van der Waals surface area (Å²) in [5.41, 5.74) is 0.729. The van der Waals surface area contributed by atoms with E-state index < -0.39 is 0 Å². The number of amides is 1. The first-order valence-corrected chi connectivity index (χ1v) is 7.43. The molecule has 5 heteroatoms. The minimum atomic E-state index is -0.224. The van der Waals surface area contributed by atoms with Crippen LogP contribution in [0.15, 0.2) is 5.38 Å². The molecule has 1 rings (SSSR count). The average Bonchev–Trinajstić information content (AvgIpc) is 2.59. The zero-order chi connectivity index (χ0) is 12.3. The smallest absolute Gasteiger partial charge is 0.263 e. The summed E-state index contributed by atoms with van der Waals surface area (Å²) < 4.78 is 0. The lowest BCUT2D eigenvalue weighted by Gasteiger charge is -2.27. The molecule has 0 aliphatic heterocycles. The van der Waals surface area contributed by atoms with E-state index >= 15 is 0 Å². The van der Waals surface area contributed by atoms with Gasteiger partial charge in [-0.25, -0.2) is 0 Å². The van der Waals surface area contributed by atoms with Crippen LogP contribution in [-0.2, 0) is 0 Å². The van der Waals surface area contributed by atoms with Gasteiger partial charge in [-0.3, -0.25) is 4.79 Å². The fourth-order valence-electron chi connectivity index (χ4n) is 1.13. The first-order valence-electron chi connectivity index (χ1n) is 5.05. The average molecular weight is 325 g/mol. The molecule has 1 atom stereocenters. The highest BCUT2D eigenvalue weighted by Crippen LogP contribution is 2.27. The highest BCUT2D eigenvalue weighted by molar-refractivity contribution is 9.09. The van der Waals surface area contributed by atoms with Crippen LogP contribution in [0.4, 0.5) is 0 Å². The molecule has 0 spiro atoms. The first kappa shape index (κ1) is 14.0. The standard InChI is InChI=1S/C11H15BrClNOS/c1-4-11(3,6-12)14-10(15)9-8(13)7(2)5-16-9/h5H,4,6H2,1-3H3,(H,14,15). The van der Waals surface area contributed by atoms with Crippen LogP contribution in [0.3, 0.4) is 0 Å². The van der Waals surface area contributed by atoms with E-state index in [0.717, 1.165) is 17.3 Å². The summed E-state index contributed by atoms with van der Waals surface area (Å²) in [7, 11) is 0. The van der Waals surface area contributed by atoms with Gasteiger partial charge in [-0.2, -0.15) is 0 Å². The van der Waals surface area contributed by atoms with Crippen molar-refractivity contribution < 1.29 is 4.79 Å². The Morgan fingerprint density at radius 3 is 2.69 bits per heavy atom. The molecule has 0 aliphatic carbocycles. The van der Waals surface area contributed by atoms with Gasteiger partial charge in [0.1, 0.15) is 4.88 Å². The second-order valence-electron chi connectivity index (χ2n) is 4.06. The lowest BCUT2D eigenvalue weighted by molar-refractivity contribution is 0.0917. The summed E-state index contributed by atoms with van der Waals surface area (Å²) in [6.07, 6.45) is 0.867. The van der Waals surface area contributed by atoms with Crippen molar-refractivity contribution >= 4 is 44.8 Å². The van der Waals surface area contributed by atoms with Crippen LogP contribution in [0.1, 0.15) is 35.5 Å². The summed E-state index contributed by atoms with van der Waals surface area (Å²) in [5.74, 6) is -0.0908. The van der Waals surface area contributed by atoms with Crippen molar-refractivity contribution in [1.82, 2.24) is 5.32 Å². The molecule has 2 nitrogen and oxygen atoms in total. The fourth-order valence-corrected chi connectivity index (χ4v) is 2.84. The van der Waals surface area contributed by atoms with Crippen molar-refractivity contribution in [3.63, 3.8) is 0 Å². The van der Waals surface area contributed by atoms with Gasteiger partial charge < -0.3 is 5.32 Å². The lowest BCUT2D eigenvalue weighted by atomic mass is 10.0. The largest absolute Gasteiger partial charge is 0.345 e. The molecule has 0 aliphatic rings. The van der Waals surface area contributed by atoms with Crippen molar-refractivity contribution in [3.05, 3.63) is 20.8 Å². The molecular formula is C11H15BrClNOS. The second kappa shape index (κ2) is 5.52. The molecule has 0 aromatic carbocycles. The van der Waals surface area contributed by atoms with E-state index in [9.17, 15) is 4.79 Å². The molecule has 0 fully saturated rings. The molecule has 1 aromatic heterocycles. The predicted octanol–water partition coefficient (Wildman–Crippen LogP) is 4.00. The predicted molar refractivity (Wildman–Crippen MR) is 74.0 cm³/mol. The number of halogens is 2. The van der Waals surface area contributed by atoms with E-state index in [0.29, 0.717) is 9.90 Å². The van der Waals surface area contributed by atoms with E-state index in [1.807, 2.05) is 26.2 Å². The van der Waals surface area contributed by atoms with Gasteiger partial charge in [0, 0.05) is 10.9 Å². The van der Waals surface area contributed by atoms with Crippen molar-refractivity contribution in [2.24, 2.45) is 0 Å². The summed E-state index contributed by atoms with van der Waals surface area (Å²) >= 11 is 10.9. The minimum Gasteiger partial charge on any atom is -0.345 e. The molecule has 1 amide bonds. The Labute approximate surface area is 114 Å². The maximum absolute atomic E-state index is 12.0. The molecule has 0 saturated heterocycles. The Kier molecular flexibility index (Phi) is 4.83. The van der Waals surface area contributed by atoms with E-state index in [4.69, 9.17) is 11.6 Å². The zero-order valence-corrected chi connectivity index (χ0v) is 12.7. The van der Waals surface area contributed by atoms with Crippen LogP contribution < -0.4 is 5.32 Å². The van der Waals surface area contributed by atoms with E-state index in [1.54, 1.807) is 0 Å². The van der Waals surface area contributed by atoms with Crippen LogP contribution in [0.25, 0.3) is 0 Å². The molecule has 0 bridgehead atoms. The van der Waals surface area contributed by atoms with E-state index in [-0.39, 0.29) is 11.4 Å². The third kappa shape index (κ3) is 2.99. The molecule has 16 heavy (non-hydrogen) atoms. The number of rotatable bonds is 4. The van der Waals surface area contributed by atoms with Gasteiger partial charge in [0.2, 0.25) is 0 Å². The van der Waals surface area contributed by atoms with Crippen molar-refractivity contribution in [2.75, 3.05) is 5.33 Å². The quantitative estimate of drug-likeness (QED) is 0.833. The Morgan fingerprint density at radius 1 is 1.69 bits per heavy atom. The topological polar surface area (TPSA) is 29.1 Å². The highest BCUT2D eigenvalue weighted by atomic mass is 79.9. The number of nitrogens with one attached hydrogen (secondary N) is 1. The van der Waals surface area contributed by atoms with Gasteiger partial charge in [0.05, 0.1) is 5.02 Å². The maximum atomic E-state index is 12.0. The number of hydrogen-bond donors (Lipinski definition) is 1. The number of thiophene rings is 1. The van der Waals surface area contributed by atoms with Gasteiger partial charge in [0.25, 0.3) is 5.91 Å². The van der Waals surface area contributed by atoms with Gasteiger partial charge >= 0.3 is 0 Å². The first-order chi connectivity index (χ1) is 7.43. The lowest BCUT2D eigenvalue weighted by Crippen LogP contribution is -2.46. The molecule has 0 saturated carbocycles. The maximum Gasteiger partial charge on any atom is 0.263 e. The Bertz CT molecular complexity index is 387. The Morgan fingerprint density at radius 2 is 2.31 bits per heavy atom. The number of hydrogen-bond acceptors (Lipinski definition) is 2. The zero-order valence-electron chi connectivity index (χ0n) is 9.56. The summed E-state index contributed by atoms with van der Waals surface area (Å²) in [5, 5.41) is 6.19. The van der Waals surface area contributed by atoms with Crippen LogP contribution >= 0.6 is 38.9 Å². The molecule has 90 valence electrons. The molecule has 1 N–H and O–H groups in total.